The number of rotatable bonds is 0. The third kappa shape index (κ3) is 1.27. The van der Waals surface area contributed by atoms with E-state index in [0.717, 1.165) is 9.13 Å². The Bertz CT molecular complexity index is 288. The van der Waals surface area contributed by atoms with E-state index in [0.29, 0.717) is 5.56 Å². The molecule has 0 aromatic carbocycles. The van der Waals surface area contributed by atoms with Gasteiger partial charge in [0.25, 0.3) is 0 Å². The van der Waals surface area contributed by atoms with Crippen molar-refractivity contribution in [3.8, 4) is 6.07 Å². The Kier molecular flexibility index (Phi) is 2.22. The highest BCUT2D eigenvalue weighted by Gasteiger charge is 1.99. The lowest BCUT2D eigenvalue weighted by atomic mass is 10.2. The SMILES string of the molecule is Cc1cncc(C#N)c1I. The van der Waals surface area contributed by atoms with Gasteiger partial charge in [0.1, 0.15) is 6.07 Å². The summed E-state index contributed by atoms with van der Waals surface area (Å²) < 4.78 is 0.995. The quantitative estimate of drug-likeness (QED) is 0.653. The maximum atomic E-state index is 8.55. The van der Waals surface area contributed by atoms with Crippen LogP contribution in [0.15, 0.2) is 12.4 Å². The lowest BCUT2D eigenvalue weighted by Gasteiger charge is -1.95. The van der Waals surface area contributed by atoms with Crippen LogP contribution in [0.3, 0.4) is 0 Å². The molecule has 0 N–H and O–H groups in total. The summed E-state index contributed by atoms with van der Waals surface area (Å²) in [6, 6.07) is 2.07. The molecule has 0 fully saturated rings. The number of aryl methyl sites for hydroxylation is 1. The second kappa shape index (κ2) is 2.97. The minimum atomic E-state index is 0.653. The highest BCUT2D eigenvalue weighted by molar-refractivity contribution is 14.1. The monoisotopic (exact) mass is 244 g/mol. The lowest BCUT2D eigenvalue weighted by molar-refractivity contribution is 1.22. The largest absolute Gasteiger partial charge is 0.263 e. The van der Waals surface area contributed by atoms with Crippen molar-refractivity contribution in [3.63, 3.8) is 0 Å². The molecule has 10 heavy (non-hydrogen) atoms. The second-order valence-electron chi connectivity index (χ2n) is 1.93. The first-order valence-corrected chi connectivity index (χ1v) is 3.84. The average Bonchev–Trinajstić information content (AvgIpc) is 1.95. The molecule has 1 aromatic rings. The van der Waals surface area contributed by atoms with Gasteiger partial charge in [-0.05, 0) is 35.1 Å². The Morgan fingerprint density at radius 1 is 1.60 bits per heavy atom. The molecular formula is C7H5IN2. The minimum absolute atomic E-state index is 0.653. The van der Waals surface area contributed by atoms with Crippen molar-refractivity contribution >= 4 is 22.6 Å². The van der Waals surface area contributed by atoms with E-state index in [1.54, 1.807) is 12.4 Å². The van der Waals surface area contributed by atoms with E-state index in [2.05, 4.69) is 33.6 Å². The normalized spacial score (nSPS) is 8.90. The lowest BCUT2D eigenvalue weighted by Crippen LogP contribution is -1.87. The highest BCUT2D eigenvalue weighted by atomic mass is 127. The molecule has 2 nitrogen and oxygen atoms in total. The van der Waals surface area contributed by atoms with Gasteiger partial charge >= 0.3 is 0 Å². The molecule has 0 radical (unpaired) electrons. The Morgan fingerprint density at radius 2 is 2.30 bits per heavy atom. The molecule has 1 heterocycles. The first kappa shape index (κ1) is 7.48. The number of nitrogens with zero attached hydrogens (tertiary/aromatic N) is 2. The first-order chi connectivity index (χ1) is 4.75. The van der Waals surface area contributed by atoms with E-state index >= 15 is 0 Å². The number of hydrogen-bond donors (Lipinski definition) is 0. The fourth-order valence-corrected chi connectivity index (χ4v) is 1.03. The van der Waals surface area contributed by atoms with E-state index in [4.69, 9.17) is 5.26 Å². The molecule has 1 aromatic heterocycles. The zero-order valence-corrected chi connectivity index (χ0v) is 7.58. The van der Waals surface area contributed by atoms with Crippen LogP contribution in [0.5, 0.6) is 0 Å². The van der Waals surface area contributed by atoms with E-state index < -0.39 is 0 Å². The molecule has 1 rings (SSSR count). The molecule has 0 aliphatic heterocycles. The number of nitriles is 1. The topological polar surface area (TPSA) is 36.7 Å². The third-order valence-electron chi connectivity index (χ3n) is 1.17. The Labute approximate surface area is 73.0 Å². The van der Waals surface area contributed by atoms with Crippen LogP contribution in [0, 0.1) is 21.8 Å². The predicted molar refractivity (Wildman–Crippen MR) is 46.4 cm³/mol. The standard InChI is InChI=1S/C7H5IN2/c1-5-3-10-4-6(2-9)7(5)8/h3-4H,1H3. The Morgan fingerprint density at radius 3 is 2.80 bits per heavy atom. The third-order valence-corrected chi connectivity index (χ3v) is 2.61. The summed E-state index contributed by atoms with van der Waals surface area (Å²) in [5.41, 5.74) is 1.71. The summed E-state index contributed by atoms with van der Waals surface area (Å²) in [4.78, 5) is 3.89. The molecule has 0 saturated heterocycles. The van der Waals surface area contributed by atoms with E-state index in [1.807, 2.05) is 6.92 Å². The fraction of sp³-hybridized carbons (Fsp3) is 0.143. The van der Waals surface area contributed by atoms with Gasteiger partial charge < -0.3 is 0 Å². The summed E-state index contributed by atoms with van der Waals surface area (Å²) in [6.07, 6.45) is 3.33. The molecule has 0 amide bonds. The average molecular weight is 244 g/mol. The maximum absolute atomic E-state index is 8.55. The van der Waals surface area contributed by atoms with Gasteiger partial charge in [0, 0.05) is 16.0 Å². The van der Waals surface area contributed by atoms with Gasteiger partial charge in [-0.3, -0.25) is 4.98 Å². The van der Waals surface area contributed by atoms with E-state index in [-0.39, 0.29) is 0 Å². The van der Waals surface area contributed by atoms with Crippen LogP contribution < -0.4 is 0 Å². The molecule has 0 aliphatic rings. The zero-order valence-electron chi connectivity index (χ0n) is 5.43. The van der Waals surface area contributed by atoms with Crippen molar-refractivity contribution in [1.29, 1.82) is 5.26 Å². The molecule has 0 atom stereocenters. The van der Waals surface area contributed by atoms with Crippen molar-refractivity contribution in [2.45, 2.75) is 6.92 Å². The zero-order chi connectivity index (χ0) is 7.56. The van der Waals surface area contributed by atoms with Gasteiger partial charge in [-0.1, -0.05) is 0 Å². The highest BCUT2D eigenvalue weighted by Crippen LogP contribution is 2.13. The number of halogens is 1. The summed E-state index contributed by atoms with van der Waals surface area (Å²) in [6.45, 7) is 1.94. The van der Waals surface area contributed by atoms with Crippen molar-refractivity contribution in [1.82, 2.24) is 4.98 Å². The van der Waals surface area contributed by atoms with Crippen LogP contribution in [-0.4, -0.2) is 4.98 Å². The van der Waals surface area contributed by atoms with Gasteiger partial charge in [-0.15, -0.1) is 0 Å². The van der Waals surface area contributed by atoms with Gasteiger partial charge in [0.05, 0.1) is 5.56 Å². The van der Waals surface area contributed by atoms with Gasteiger partial charge in [0.15, 0.2) is 0 Å². The van der Waals surface area contributed by atoms with Crippen LogP contribution in [0.4, 0.5) is 0 Å². The van der Waals surface area contributed by atoms with E-state index in [1.165, 1.54) is 0 Å². The van der Waals surface area contributed by atoms with Crippen molar-refractivity contribution in [2.75, 3.05) is 0 Å². The maximum Gasteiger partial charge on any atom is 0.102 e. The molecule has 0 aliphatic carbocycles. The van der Waals surface area contributed by atoms with Crippen LogP contribution >= 0.6 is 22.6 Å². The van der Waals surface area contributed by atoms with Crippen LogP contribution in [0.2, 0.25) is 0 Å². The fourth-order valence-electron chi connectivity index (χ4n) is 0.627. The van der Waals surface area contributed by atoms with Gasteiger partial charge in [-0.25, -0.2) is 0 Å². The summed E-state index contributed by atoms with van der Waals surface area (Å²) in [7, 11) is 0. The van der Waals surface area contributed by atoms with Crippen molar-refractivity contribution < 1.29 is 0 Å². The van der Waals surface area contributed by atoms with Gasteiger partial charge in [0.2, 0.25) is 0 Å². The number of aromatic nitrogens is 1. The molecular weight excluding hydrogens is 239 g/mol. The molecule has 0 spiro atoms. The summed E-state index contributed by atoms with van der Waals surface area (Å²) in [5, 5.41) is 8.55. The molecule has 0 bridgehead atoms. The molecule has 0 unspecified atom stereocenters. The molecule has 50 valence electrons. The first-order valence-electron chi connectivity index (χ1n) is 2.76. The summed E-state index contributed by atoms with van der Waals surface area (Å²) >= 11 is 2.14. The molecule has 0 saturated carbocycles. The van der Waals surface area contributed by atoms with E-state index in [9.17, 15) is 0 Å². The van der Waals surface area contributed by atoms with Gasteiger partial charge in [-0.2, -0.15) is 5.26 Å². The molecule has 3 heteroatoms. The van der Waals surface area contributed by atoms with Crippen LogP contribution in [0.1, 0.15) is 11.1 Å². The smallest absolute Gasteiger partial charge is 0.102 e. The Hall–Kier alpha value is -0.630. The Balaban J connectivity index is 3.31. The number of hydrogen-bond acceptors (Lipinski definition) is 2. The summed E-state index contributed by atoms with van der Waals surface area (Å²) in [5.74, 6) is 0. The van der Waals surface area contributed by atoms with Crippen molar-refractivity contribution in [3.05, 3.63) is 27.1 Å². The second-order valence-corrected chi connectivity index (χ2v) is 3.01. The van der Waals surface area contributed by atoms with Crippen LogP contribution in [-0.2, 0) is 0 Å². The van der Waals surface area contributed by atoms with Crippen LogP contribution in [0.25, 0.3) is 0 Å². The van der Waals surface area contributed by atoms with Crippen molar-refractivity contribution in [2.24, 2.45) is 0 Å². The number of pyridine rings is 1. The predicted octanol–water partition coefficient (Wildman–Crippen LogP) is 1.87. The minimum Gasteiger partial charge on any atom is -0.263 e.